The average molecular weight is 433 g/mol. The van der Waals surface area contributed by atoms with Gasteiger partial charge in [0.05, 0.1) is 22.0 Å². The predicted octanol–water partition coefficient (Wildman–Crippen LogP) is 4.37. The molecule has 3 aromatic carbocycles. The van der Waals surface area contributed by atoms with Crippen LogP contribution in [0.2, 0.25) is 0 Å². The highest BCUT2D eigenvalue weighted by atomic mass is 32.2. The van der Waals surface area contributed by atoms with E-state index >= 15 is 0 Å². The van der Waals surface area contributed by atoms with E-state index in [1.54, 1.807) is 24.3 Å². The molecule has 1 N–H and O–H groups in total. The molecule has 1 saturated heterocycles. The Labute approximate surface area is 179 Å². The normalized spacial score (nSPS) is 16.2. The number of carbonyl (C=O) groups is 2. The van der Waals surface area contributed by atoms with Gasteiger partial charge in [0.25, 0.3) is 10.9 Å². The summed E-state index contributed by atoms with van der Waals surface area (Å²) in [4.78, 5) is 39.0. The molecule has 0 spiro atoms. The summed E-state index contributed by atoms with van der Waals surface area (Å²) < 4.78 is 5.81. The largest absolute Gasteiger partial charge is 0.440 e. The number of rotatable bonds is 5. The van der Waals surface area contributed by atoms with E-state index < -0.39 is 5.25 Å². The Morgan fingerprint density at radius 1 is 1.13 bits per heavy atom. The van der Waals surface area contributed by atoms with Gasteiger partial charge < -0.3 is 4.42 Å². The fourth-order valence-corrected chi connectivity index (χ4v) is 4.65. The van der Waals surface area contributed by atoms with Gasteiger partial charge in [-0.3, -0.25) is 25.0 Å². The van der Waals surface area contributed by atoms with Crippen molar-refractivity contribution in [1.82, 2.24) is 10.3 Å². The van der Waals surface area contributed by atoms with E-state index in [9.17, 15) is 19.7 Å². The zero-order valence-electron chi connectivity index (χ0n) is 16.0. The number of carbonyl (C=O) groups excluding carboxylic acids is 2. The highest BCUT2D eigenvalue weighted by Crippen LogP contribution is 2.32. The highest BCUT2D eigenvalue weighted by molar-refractivity contribution is 8.15. The number of nitrogens with one attached hydrogen (secondary N) is 1. The first-order valence-corrected chi connectivity index (χ1v) is 10.4. The van der Waals surface area contributed by atoms with E-state index in [1.165, 1.54) is 0 Å². The molecule has 5 rings (SSSR count). The third-order valence-electron chi connectivity index (χ3n) is 5.19. The lowest BCUT2D eigenvalue weighted by atomic mass is 10.0. The van der Waals surface area contributed by atoms with Gasteiger partial charge in [-0.25, -0.2) is 4.98 Å². The fourth-order valence-electron chi connectivity index (χ4n) is 3.79. The number of nitro groups is 1. The average Bonchev–Trinajstić information content (AvgIpc) is 3.28. The Bertz CT molecular complexity index is 1380. The summed E-state index contributed by atoms with van der Waals surface area (Å²) >= 11 is 0.979. The van der Waals surface area contributed by atoms with Crippen LogP contribution in [-0.4, -0.2) is 26.3 Å². The first-order valence-electron chi connectivity index (χ1n) is 9.53. The van der Waals surface area contributed by atoms with Crippen molar-refractivity contribution in [2.24, 2.45) is 0 Å². The van der Waals surface area contributed by atoms with Crippen LogP contribution in [0.5, 0.6) is 0 Å². The monoisotopic (exact) mass is 433 g/mol. The third kappa shape index (κ3) is 3.64. The van der Waals surface area contributed by atoms with Gasteiger partial charge in [0, 0.05) is 5.56 Å². The Morgan fingerprint density at radius 2 is 1.97 bits per heavy atom. The van der Waals surface area contributed by atoms with Crippen LogP contribution in [0, 0.1) is 10.1 Å². The minimum atomic E-state index is -0.462. The maximum Gasteiger partial charge on any atom is 0.286 e. The van der Waals surface area contributed by atoms with Crippen LogP contribution in [0.25, 0.3) is 21.9 Å². The van der Waals surface area contributed by atoms with Gasteiger partial charge in [0.1, 0.15) is 5.52 Å². The first kappa shape index (κ1) is 19.3. The number of aromatic nitrogens is 1. The quantitative estimate of drug-likeness (QED) is 0.367. The molecule has 4 aromatic rings. The molecule has 0 aliphatic carbocycles. The van der Waals surface area contributed by atoms with E-state index in [2.05, 4.69) is 10.3 Å². The molecule has 154 valence electrons. The number of hydrogen-bond acceptors (Lipinski definition) is 7. The molecule has 2 amide bonds. The molecule has 1 aliphatic rings. The lowest BCUT2D eigenvalue weighted by molar-refractivity contribution is -0.383. The number of nitrogens with zero attached hydrogens (tertiary/aromatic N) is 2. The van der Waals surface area contributed by atoms with Crippen molar-refractivity contribution in [1.29, 1.82) is 0 Å². The van der Waals surface area contributed by atoms with Crippen LogP contribution in [0.1, 0.15) is 17.0 Å². The van der Waals surface area contributed by atoms with Gasteiger partial charge in [-0.15, -0.1) is 0 Å². The maximum absolute atomic E-state index is 11.8. The Hall–Kier alpha value is -3.72. The molecule has 0 saturated carbocycles. The summed E-state index contributed by atoms with van der Waals surface area (Å²) in [5, 5.41) is 14.6. The van der Waals surface area contributed by atoms with Crippen LogP contribution < -0.4 is 5.32 Å². The first-order chi connectivity index (χ1) is 15.0. The minimum absolute atomic E-state index is 0.0509. The molecule has 0 bridgehead atoms. The molecular formula is C22H15N3O5S. The maximum atomic E-state index is 11.8. The summed E-state index contributed by atoms with van der Waals surface area (Å²) in [6.07, 6.45) is 0.580. The summed E-state index contributed by atoms with van der Waals surface area (Å²) in [6, 6.07) is 16.2. The van der Waals surface area contributed by atoms with Gasteiger partial charge in [-0.2, -0.15) is 0 Å². The van der Waals surface area contributed by atoms with Crippen LogP contribution in [0.3, 0.4) is 0 Å². The van der Waals surface area contributed by atoms with Crippen molar-refractivity contribution >= 4 is 50.5 Å². The number of nitro benzene ring substituents is 1. The van der Waals surface area contributed by atoms with Crippen molar-refractivity contribution < 1.29 is 18.9 Å². The number of hydrogen-bond donors (Lipinski definition) is 1. The number of amides is 2. The van der Waals surface area contributed by atoms with Gasteiger partial charge in [0.15, 0.2) is 11.5 Å². The van der Waals surface area contributed by atoms with Crippen molar-refractivity contribution in [2.45, 2.75) is 18.1 Å². The molecule has 31 heavy (non-hydrogen) atoms. The minimum Gasteiger partial charge on any atom is -0.440 e. The number of oxazole rings is 1. The molecule has 0 radical (unpaired) electrons. The molecule has 1 atom stereocenters. The highest BCUT2D eigenvalue weighted by Gasteiger charge is 2.31. The zero-order valence-corrected chi connectivity index (χ0v) is 16.8. The van der Waals surface area contributed by atoms with Crippen molar-refractivity contribution in [3.8, 4) is 0 Å². The summed E-state index contributed by atoms with van der Waals surface area (Å²) in [5.74, 6) is 0.0771. The van der Waals surface area contributed by atoms with Crippen LogP contribution in [-0.2, 0) is 17.6 Å². The van der Waals surface area contributed by atoms with Gasteiger partial charge >= 0.3 is 0 Å². The van der Waals surface area contributed by atoms with Crippen LogP contribution in [0.4, 0.5) is 10.5 Å². The van der Waals surface area contributed by atoms with Crippen molar-refractivity contribution in [3.63, 3.8) is 0 Å². The smallest absolute Gasteiger partial charge is 0.286 e. The molecular weight excluding hydrogens is 418 g/mol. The second kappa shape index (κ2) is 7.51. The summed E-state index contributed by atoms with van der Waals surface area (Å²) in [6.45, 7) is 0. The zero-order chi connectivity index (χ0) is 21.5. The predicted molar refractivity (Wildman–Crippen MR) is 116 cm³/mol. The second-order valence-corrected chi connectivity index (χ2v) is 8.40. The molecule has 1 aromatic heterocycles. The SMILES string of the molecule is O=C1NC(=O)C(Cc2ccc3oc(Cc4ccc5ccccc5c4[N+](=O)[O-])nc3c2)S1. The van der Waals surface area contributed by atoms with Crippen LogP contribution >= 0.6 is 11.8 Å². The summed E-state index contributed by atoms with van der Waals surface area (Å²) in [5.41, 5.74) is 2.59. The van der Waals surface area contributed by atoms with Crippen LogP contribution in [0.15, 0.2) is 59.0 Å². The van der Waals surface area contributed by atoms with Gasteiger partial charge in [-0.05, 0) is 35.6 Å². The third-order valence-corrected chi connectivity index (χ3v) is 6.17. The molecule has 1 fully saturated rings. The van der Waals surface area contributed by atoms with E-state index in [1.807, 2.05) is 30.3 Å². The fraction of sp³-hybridized carbons (Fsp3) is 0.136. The number of benzene rings is 3. The topological polar surface area (TPSA) is 115 Å². The van der Waals surface area contributed by atoms with Crippen molar-refractivity contribution in [2.75, 3.05) is 0 Å². The number of fused-ring (bicyclic) bond motifs is 2. The Morgan fingerprint density at radius 3 is 2.74 bits per heavy atom. The number of thioether (sulfide) groups is 1. The Kier molecular flexibility index (Phi) is 4.67. The Balaban J connectivity index is 1.45. The molecule has 2 heterocycles. The molecule has 1 unspecified atom stereocenters. The molecule has 9 heteroatoms. The van der Waals surface area contributed by atoms with E-state index in [0.29, 0.717) is 34.4 Å². The van der Waals surface area contributed by atoms with Gasteiger partial charge in [-0.1, -0.05) is 48.2 Å². The molecule has 8 nitrogen and oxygen atoms in total. The number of imide groups is 1. The lowest BCUT2D eigenvalue weighted by Crippen LogP contribution is -2.25. The van der Waals surface area contributed by atoms with E-state index in [4.69, 9.17) is 4.42 Å². The molecule has 1 aliphatic heterocycles. The standard InChI is InChI=1S/C22H15N3O5S/c26-21-18(31-22(27)24-21)10-12-5-8-17-16(9-12)23-19(30-17)11-14-7-6-13-3-1-2-4-15(13)20(14)25(28)29/h1-9,18H,10-11H2,(H,24,26,27). The second-order valence-electron chi connectivity index (χ2n) is 7.23. The lowest BCUT2D eigenvalue weighted by Gasteiger charge is -2.04. The van der Waals surface area contributed by atoms with E-state index in [0.717, 1.165) is 22.7 Å². The van der Waals surface area contributed by atoms with Gasteiger partial charge in [0.2, 0.25) is 5.91 Å². The van der Waals surface area contributed by atoms with Crippen molar-refractivity contribution in [3.05, 3.63) is 81.7 Å². The summed E-state index contributed by atoms with van der Waals surface area (Å²) in [7, 11) is 0. The van der Waals surface area contributed by atoms with E-state index in [-0.39, 0.29) is 28.2 Å².